The smallest absolute Gasteiger partial charge is 0.0742 e. The van der Waals surface area contributed by atoms with Crippen LogP contribution in [0.3, 0.4) is 0 Å². The summed E-state index contributed by atoms with van der Waals surface area (Å²) < 4.78 is 5.59. The molecule has 0 radical (unpaired) electrons. The Labute approximate surface area is 94.9 Å². The van der Waals surface area contributed by atoms with Crippen molar-refractivity contribution in [1.29, 1.82) is 0 Å². The molecule has 2 rings (SSSR count). The van der Waals surface area contributed by atoms with Crippen LogP contribution in [0.25, 0.3) is 0 Å². The van der Waals surface area contributed by atoms with Crippen molar-refractivity contribution in [2.24, 2.45) is 0 Å². The van der Waals surface area contributed by atoms with E-state index in [1.807, 2.05) is 6.07 Å². The third kappa shape index (κ3) is 2.80. The number of ether oxygens (including phenoxy) is 1. The van der Waals surface area contributed by atoms with Crippen molar-refractivity contribution in [3.63, 3.8) is 0 Å². The van der Waals surface area contributed by atoms with Gasteiger partial charge in [0.1, 0.15) is 0 Å². The van der Waals surface area contributed by atoms with E-state index < -0.39 is 5.60 Å². The highest BCUT2D eigenvalue weighted by Crippen LogP contribution is 2.30. The van der Waals surface area contributed by atoms with Crippen molar-refractivity contribution in [2.75, 3.05) is 6.61 Å². The van der Waals surface area contributed by atoms with E-state index >= 15 is 0 Å². The molecule has 1 aliphatic heterocycles. The van der Waals surface area contributed by atoms with E-state index in [1.165, 1.54) is 4.88 Å². The monoisotopic (exact) mass is 226 g/mol. The molecule has 1 N–H and O–H groups in total. The van der Waals surface area contributed by atoms with Gasteiger partial charge >= 0.3 is 0 Å². The number of hydrogen-bond acceptors (Lipinski definition) is 3. The number of rotatable bonds is 3. The molecule has 1 aromatic heterocycles. The van der Waals surface area contributed by atoms with E-state index in [2.05, 4.69) is 18.4 Å². The van der Waals surface area contributed by atoms with Crippen LogP contribution in [0, 0.1) is 0 Å². The lowest BCUT2D eigenvalue weighted by Gasteiger charge is -2.36. The summed E-state index contributed by atoms with van der Waals surface area (Å²) in [5.41, 5.74) is -0.538. The molecule has 2 nitrogen and oxygen atoms in total. The van der Waals surface area contributed by atoms with E-state index in [0.29, 0.717) is 6.61 Å². The van der Waals surface area contributed by atoms with Crippen molar-refractivity contribution in [2.45, 2.75) is 44.3 Å². The van der Waals surface area contributed by atoms with Crippen molar-refractivity contribution in [3.8, 4) is 0 Å². The Kier molecular flexibility index (Phi) is 3.44. The normalized spacial score (nSPS) is 31.7. The Bertz CT molecular complexity index is 297. The minimum Gasteiger partial charge on any atom is -0.389 e. The third-order valence-electron chi connectivity index (χ3n) is 3.07. The molecule has 84 valence electrons. The van der Waals surface area contributed by atoms with E-state index in [4.69, 9.17) is 4.74 Å². The fraction of sp³-hybridized carbons (Fsp3) is 0.667. The molecule has 15 heavy (non-hydrogen) atoms. The third-order valence-corrected chi connectivity index (χ3v) is 3.94. The maximum Gasteiger partial charge on any atom is 0.0742 e. The van der Waals surface area contributed by atoms with Crippen LogP contribution in [-0.2, 0) is 11.2 Å². The minimum absolute atomic E-state index is 0.240. The van der Waals surface area contributed by atoms with Gasteiger partial charge in [-0.15, -0.1) is 11.3 Å². The number of aliphatic hydroxyl groups is 1. The SMILES string of the molecule is CCC1CC(O)(Cc2cccs2)CCO1. The zero-order valence-electron chi connectivity index (χ0n) is 9.11. The molecule has 0 saturated carbocycles. The van der Waals surface area contributed by atoms with Crippen molar-refractivity contribution >= 4 is 11.3 Å². The molecule has 2 atom stereocenters. The number of thiophene rings is 1. The molecule has 0 amide bonds. The molecular weight excluding hydrogens is 208 g/mol. The van der Waals surface area contributed by atoms with Crippen LogP contribution in [0.5, 0.6) is 0 Å². The second-order valence-electron chi connectivity index (χ2n) is 4.34. The summed E-state index contributed by atoms with van der Waals surface area (Å²) in [5.74, 6) is 0. The standard InChI is InChI=1S/C12H18O2S/c1-2-10-8-12(13,5-6-14-10)9-11-4-3-7-15-11/h3-4,7,10,13H,2,5-6,8-9H2,1H3. The van der Waals surface area contributed by atoms with Gasteiger partial charge in [0.15, 0.2) is 0 Å². The van der Waals surface area contributed by atoms with Gasteiger partial charge < -0.3 is 9.84 Å². The van der Waals surface area contributed by atoms with Crippen LogP contribution in [0.2, 0.25) is 0 Å². The van der Waals surface area contributed by atoms with Crippen molar-refractivity contribution in [1.82, 2.24) is 0 Å². The Hall–Kier alpha value is -0.380. The molecule has 3 heteroatoms. The fourth-order valence-electron chi connectivity index (χ4n) is 2.16. The molecule has 1 fully saturated rings. The highest BCUT2D eigenvalue weighted by atomic mass is 32.1. The first-order chi connectivity index (χ1) is 7.22. The first-order valence-electron chi connectivity index (χ1n) is 5.58. The summed E-state index contributed by atoms with van der Waals surface area (Å²) in [6, 6.07) is 4.14. The average molecular weight is 226 g/mol. The number of hydrogen-bond donors (Lipinski definition) is 1. The van der Waals surface area contributed by atoms with E-state index in [1.54, 1.807) is 11.3 Å². The van der Waals surface area contributed by atoms with E-state index in [-0.39, 0.29) is 6.10 Å². The summed E-state index contributed by atoms with van der Waals surface area (Å²) in [7, 11) is 0. The lowest BCUT2D eigenvalue weighted by molar-refractivity contribution is -0.103. The van der Waals surface area contributed by atoms with Crippen LogP contribution >= 0.6 is 11.3 Å². The van der Waals surface area contributed by atoms with Gasteiger partial charge in [-0.05, 0) is 24.3 Å². The van der Waals surface area contributed by atoms with Crippen LogP contribution in [0.1, 0.15) is 31.1 Å². The van der Waals surface area contributed by atoms with Gasteiger partial charge in [0.25, 0.3) is 0 Å². The molecule has 2 heterocycles. The lowest BCUT2D eigenvalue weighted by atomic mass is 9.86. The van der Waals surface area contributed by atoms with Crippen molar-refractivity contribution < 1.29 is 9.84 Å². The quantitative estimate of drug-likeness (QED) is 0.858. The lowest BCUT2D eigenvalue weighted by Crippen LogP contribution is -2.42. The van der Waals surface area contributed by atoms with Crippen molar-refractivity contribution in [3.05, 3.63) is 22.4 Å². The summed E-state index contributed by atoms with van der Waals surface area (Å²) in [5, 5.41) is 12.5. The second-order valence-corrected chi connectivity index (χ2v) is 5.37. The molecular formula is C12H18O2S. The molecule has 1 aromatic rings. The summed E-state index contributed by atoms with van der Waals surface area (Å²) >= 11 is 1.72. The van der Waals surface area contributed by atoms with Gasteiger partial charge in [0.2, 0.25) is 0 Å². The maximum absolute atomic E-state index is 10.5. The molecule has 0 bridgehead atoms. The van der Waals surface area contributed by atoms with E-state index in [0.717, 1.165) is 25.7 Å². The Morgan fingerprint density at radius 3 is 3.20 bits per heavy atom. The van der Waals surface area contributed by atoms with Crippen LogP contribution in [-0.4, -0.2) is 23.4 Å². The molecule has 1 saturated heterocycles. The highest BCUT2D eigenvalue weighted by molar-refractivity contribution is 7.09. The van der Waals surface area contributed by atoms with Gasteiger partial charge in [-0.3, -0.25) is 0 Å². The molecule has 2 unspecified atom stereocenters. The van der Waals surface area contributed by atoms with Gasteiger partial charge in [-0.25, -0.2) is 0 Å². The fourth-order valence-corrected chi connectivity index (χ4v) is 3.00. The predicted octanol–water partition coefficient (Wildman–Crippen LogP) is 2.61. The Balaban J connectivity index is 1.99. The molecule has 0 aromatic carbocycles. The zero-order chi connectivity index (χ0) is 10.7. The minimum atomic E-state index is -0.538. The zero-order valence-corrected chi connectivity index (χ0v) is 9.93. The first kappa shape index (κ1) is 11.1. The maximum atomic E-state index is 10.5. The Morgan fingerprint density at radius 2 is 2.53 bits per heavy atom. The highest BCUT2D eigenvalue weighted by Gasteiger charge is 2.34. The molecule has 0 spiro atoms. The first-order valence-corrected chi connectivity index (χ1v) is 6.46. The van der Waals surface area contributed by atoms with Gasteiger partial charge in [-0.2, -0.15) is 0 Å². The molecule has 0 aliphatic carbocycles. The van der Waals surface area contributed by atoms with Gasteiger partial charge in [-0.1, -0.05) is 13.0 Å². The Morgan fingerprint density at radius 1 is 1.67 bits per heavy atom. The van der Waals surface area contributed by atoms with Gasteiger partial charge in [0.05, 0.1) is 11.7 Å². The topological polar surface area (TPSA) is 29.5 Å². The summed E-state index contributed by atoms with van der Waals surface area (Å²) in [6.45, 7) is 2.81. The van der Waals surface area contributed by atoms with E-state index in [9.17, 15) is 5.11 Å². The van der Waals surface area contributed by atoms with Crippen LogP contribution < -0.4 is 0 Å². The summed E-state index contributed by atoms with van der Waals surface area (Å²) in [4.78, 5) is 1.27. The summed E-state index contributed by atoms with van der Waals surface area (Å²) in [6.07, 6.45) is 3.56. The predicted molar refractivity (Wildman–Crippen MR) is 62.2 cm³/mol. The average Bonchev–Trinajstić information content (AvgIpc) is 2.69. The van der Waals surface area contributed by atoms with Crippen LogP contribution in [0.15, 0.2) is 17.5 Å². The molecule has 1 aliphatic rings. The van der Waals surface area contributed by atoms with Crippen LogP contribution in [0.4, 0.5) is 0 Å². The largest absolute Gasteiger partial charge is 0.389 e. The second kappa shape index (κ2) is 4.64. The van der Waals surface area contributed by atoms with Gasteiger partial charge in [0, 0.05) is 24.3 Å².